The van der Waals surface area contributed by atoms with E-state index in [1.54, 1.807) is 19.4 Å². The number of rotatable bonds is 5. The van der Waals surface area contributed by atoms with Crippen molar-refractivity contribution >= 4 is 5.91 Å². The quantitative estimate of drug-likeness (QED) is 0.863. The van der Waals surface area contributed by atoms with E-state index < -0.39 is 0 Å². The lowest BCUT2D eigenvalue weighted by Crippen LogP contribution is -2.29. The molecule has 0 fully saturated rings. The van der Waals surface area contributed by atoms with Crippen molar-refractivity contribution in [2.45, 2.75) is 19.9 Å². The Morgan fingerprint density at radius 2 is 2.00 bits per heavy atom. The topological polar surface area (TPSA) is 56.1 Å². The lowest BCUT2D eigenvalue weighted by molar-refractivity contribution is -0.117. The molecule has 1 heterocycles. The van der Waals surface area contributed by atoms with E-state index in [0.717, 1.165) is 22.7 Å². The van der Waals surface area contributed by atoms with E-state index >= 15 is 0 Å². The first-order valence-corrected chi connectivity index (χ1v) is 7.08. The highest BCUT2D eigenvalue weighted by Gasteiger charge is 2.20. The van der Waals surface area contributed by atoms with Crippen molar-refractivity contribution in [2.24, 2.45) is 7.05 Å². The third-order valence-corrected chi connectivity index (χ3v) is 3.27. The van der Waals surface area contributed by atoms with E-state index in [4.69, 9.17) is 4.74 Å². The van der Waals surface area contributed by atoms with E-state index in [9.17, 15) is 4.79 Å². The number of allylic oxidation sites excluding steroid dienone is 1. The number of methoxy groups -OCH3 is 1. The van der Waals surface area contributed by atoms with Crippen LogP contribution in [-0.2, 0) is 11.8 Å². The molecule has 5 heteroatoms. The molecule has 22 heavy (non-hydrogen) atoms. The standard InChI is InChI=1S/C17H21N3O2/c1-12(2)11-15(21)19-16(17-18-9-10-20(17)3)13-5-7-14(22-4)8-6-13/h5-11,16H,1-4H3,(H,19,21). The summed E-state index contributed by atoms with van der Waals surface area (Å²) < 4.78 is 7.08. The maximum absolute atomic E-state index is 12.1. The number of carbonyl (C=O) groups excluding carboxylic acids is 1. The van der Waals surface area contributed by atoms with E-state index in [2.05, 4.69) is 10.3 Å². The zero-order chi connectivity index (χ0) is 16.1. The first-order valence-electron chi connectivity index (χ1n) is 7.08. The van der Waals surface area contributed by atoms with Gasteiger partial charge in [-0.3, -0.25) is 4.79 Å². The third-order valence-electron chi connectivity index (χ3n) is 3.27. The number of nitrogens with zero attached hydrogens (tertiary/aromatic N) is 2. The number of nitrogens with one attached hydrogen (secondary N) is 1. The summed E-state index contributed by atoms with van der Waals surface area (Å²) in [5.41, 5.74) is 1.90. The molecule has 116 valence electrons. The largest absolute Gasteiger partial charge is 0.497 e. The van der Waals surface area contributed by atoms with Gasteiger partial charge in [-0.15, -0.1) is 0 Å². The van der Waals surface area contributed by atoms with Crippen LogP contribution in [0.1, 0.15) is 31.3 Å². The van der Waals surface area contributed by atoms with Crippen LogP contribution >= 0.6 is 0 Å². The number of aryl methyl sites for hydroxylation is 1. The van der Waals surface area contributed by atoms with Gasteiger partial charge in [0.1, 0.15) is 17.6 Å². The van der Waals surface area contributed by atoms with E-state index in [0.29, 0.717) is 0 Å². The Balaban J connectivity index is 2.35. The minimum Gasteiger partial charge on any atom is -0.497 e. The molecule has 0 aliphatic rings. The second-order valence-corrected chi connectivity index (χ2v) is 5.33. The van der Waals surface area contributed by atoms with Crippen molar-refractivity contribution < 1.29 is 9.53 Å². The van der Waals surface area contributed by atoms with Crippen molar-refractivity contribution in [1.29, 1.82) is 0 Å². The van der Waals surface area contributed by atoms with Gasteiger partial charge in [0.2, 0.25) is 5.91 Å². The molecule has 0 aliphatic heterocycles. The lowest BCUT2D eigenvalue weighted by Gasteiger charge is -2.18. The highest BCUT2D eigenvalue weighted by Crippen LogP contribution is 2.23. The summed E-state index contributed by atoms with van der Waals surface area (Å²) in [5.74, 6) is 1.42. The molecular weight excluding hydrogens is 278 g/mol. The molecule has 0 saturated carbocycles. The number of imidazole rings is 1. The molecule has 5 nitrogen and oxygen atoms in total. The monoisotopic (exact) mass is 299 g/mol. The van der Waals surface area contributed by atoms with Gasteiger partial charge in [0.05, 0.1) is 7.11 Å². The van der Waals surface area contributed by atoms with Gasteiger partial charge in [-0.25, -0.2) is 4.98 Å². The smallest absolute Gasteiger partial charge is 0.244 e. The van der Waals surface area contributed by atoms with Gasteiger partial charge in [-0.2, -0.15) is 0 Å². The molecular formula is C17H21N3O2. The van der Waals surface area contributed by atoms with Crippen molar-refractivity contribution in [1.82, 2.24) is 14.9 Å². The van der Waals surface area contributed by atoms with Gasteiger partial charge in [0, 0.05) is 25.5 Å². The lowest BCUT2D eigenvalue weighted by atomic mass is 10.1. The fraction of sp³-hybridized carbons (Fsp3) is 0.294. The maximum atomic E-state index is 12.1. The molecule has 1 unspecified atom stereocenters. The SMILES string of the molecule is COc1ccc(C(NC(=O)C=C(C)C)c2nccn2C)cc1. The number of hydrogen-bond acceptors (Lipinski definition) is 3. The van der Waals surface area contributed by atoms with Crippen molar-refractivity contribution in [2.75, 3.05) is 7.11 Å². The van der Waals surface area contributed by atoms with Gasteiger partial charge in [-0.05, 0) is 31.5 Å². The van der Waals surface area contributed by atoms with Crippen LogP contribution in [-0.4, -0.2) is 22.6 Å². The van der Waals surface area contributed by atoms with Crippen molar-refractivity contribution in [3.8, 4) is 5.75 Å². The van der Waals surface area contributed by atoms with Crippen molar-refractivity contribution in [3.05, 3.63) is 59.7 Å². The first-order chi connectivity index (χ1) is 10.5. The molecule has 1 aromatic heterocycles. The Morgan fingerprint density at radius 3 is 2.50 bits per heavy atom. The van der Waals surface area contributed by atoms with Crippen molar-refractivity contribution in [3.63, 3.8) is 0 Å². The number of benzene rings is 1. The molecule has 2 rings (SSSR count). The van der Waals surface area contributed by atoms with Crippen LogP contribution in [0.25, 0.3) is 0 Å². The summed E-state index contributed by atoms with van der Waals surface area (Å²) >= 11 is 0. The third kappa shape index (κ3) is 3.75. The summed E-state index contributed by atoms with van der Waals surface area (Å²) in [6.45, 7) is 3.78. The number of ether oxygens (including phenoxy) is 1. The summed E-state index contributed by atoms with van der Waals surface area (Å²) in [4.78, 5) is 16.5. The predicted octanol–water partition coefficient (Wildman–Crippen LogP) is 2.60. The van der Waals surface area contributed by atoms with E-state index in [-0.39, 0.29) is 11.9 Å². The maximum Gasteiger partial charge on any atom is 0.244 e. The molecule has 0 spiro atoms. The van der Waals surface area contributed by atoms with Gasteiger partial charge >= 0.3 is 0 Å². The second kappa shape index (κ2) is 6.93. The number of aromatic nitrogens is 2. The number of carbonyl (C=O) groups is 1. The Labute approximate surface area is 130 Å². The second-order valence-electron chi connectivity index (χ2n) is 5.33. The molecule has 0 radical (unpaired) electrons. The van der Waals surface area contributed by atoms with Crippen LogP contribution in [0.2, 0.25) is 0 Å². The molecule has 0 aliphatic carbocycles. The summed E-state index contributed by atoms with van der Waals surface area (Å²) in [6.07, 6.45) is 5.16. The van der Waals surface area contributed by atoms with Crippen LogP contribution < -0.4 is 10.1 Å². The Hall–Kier alpha value is -2.56. The normalized spacial score (nSPS) is 11.6. The average Bonchev–Trinajstić information content (AvgIpc) is 2.90. The van der Waals surface area contributed by atoms with Crippen LogP contribution in [0.4, 0.5) is 0 Å². The molecule has 1 N–H and O–H groups in total. The number of hydrogen-bond donors (Lipinski definition) is 1. The van der Waals surface area contributed by atoms with Crippen LogP contribution in [0.3, 0.4) is 0 Å². The Morgan fingerprint density at radius 1 is 1.32 bits per heavy atom. The minimum absolute atomic E-state index is 0.135. The first kappa shape index (κ1) is 15.8. The highest BCUT2D eigenvalue weighted by molar-refractivity contribution is 5.88. The van der Waals surface area contributed by atoms with E-state index in [1.165, 1.54) is 0 Å². The van der Waals surface area contributed by atoms with Crippen LogP contribution in [0.15, 0.2) is 48.3 Å². The summed E-state index contributed by atoms with van der Waals surface area (Å²) in [7, 11) is 3.54. The Kier molecular flexibility index (Phi) is 4.99. The fourth-order valence-electron chi connectivity index (χ4n) is 2.19. The molecule has 1 amide bonds. The highest BCUT2D eigenvalue weighted by atomic mass is 16.5. The predicted molar refractivity (Wildman–Crippen MR) is 85.6 cm³/mol. The zero-order valence-corrected chi connectivity index (χ0v) is 13.3. The van der Waals surface area contributed by atoms with Crippen LogP contribution in [0.5, 0.6) is 5.75 Å². The fourth-order valence-corrected chi connectivity index (χ4v) is 2.19. The average molecular weight is 299 g/mol. The van der Waals surface area contributed by atoms with Gasteiger partial charge in [0.15, 0.2) is 0 Å². The van der Waals surface area contributed by atoms with Gasteiger partial charge in [-0.1, -0.05) is 17.7 Å². The molecule has 1 atom stereocenters. The summed E-state index contributed by atoms with van der Waals surface area (Å²) in [5, 5.41) is 3.01. The molecule has 0 saturated heterocycles. The summed E-state index contributed by atoms with van der Waals surface area (Å²) in [6, 6.07) is 7.30. The molecule has 0 bridgehead atoms. The zero-order valence-electron chi connectivity index (χ0n) is 13.3. The van der Waals surface area contributed by atoms with Gasteiger partial charge < -0.3 is 14.6 Å². The minimum atomic E-state index is -0.311. The Bertz CT molecular complexity index is 667. The van der Waals surface area contributed by atoms with Crippen LogP contribution in [0, 0.1) is 0 Å². The van der Waals surface area contributed by atoms with E-state index in [1.807, 2.05) is 55.9 Å². The molecule has 2 aromatic rings. The molecule has 1 aromatic carbocycles. The van der Waals surface area contributed by atoms with Gasteiger partial charge in [0.25, 0.3) is 0 Å². The number of amides is 1.